The summed E-state index contributed by atoms with van der Waals surface area (Å²) in [4.78, 5) is 27.6. The van der Waals surface area contributed by atoms with Crippen LogP contribution in [0.2, 0.25) is 10.0 Å². The van der Waals surface area contributed by atoms with E-state index in [1.54, 1.807) is 23.1 Å². The van der Waals surface area contributed by atoms with Crippen LogP contribution in [0.3, 0.4) is 0 Å². The maximum absolute atomic E-state index is 13.3. The molecule has 1 aliphatic carbocycles. The molecule has 1 aromatic heterocycles. The van der Waals surface area contributed by atoms with E-state index < -0.39 is 5.92 Å². The molecule has 0 spiro atoms. The van der Waals surface area contributed by atoms with Crippen LogP contribution in [0.1, 0.15) is 37.7 Å². The van der Waals surface area contributed by atoms with Gasteiger partial charge in [0.2, 0.25) is 11.0 Å². The van der Waals surface area contributed by atoms with E-state index in [1.165, 1.54) is 23.1 Å². The zero-order valence-electron chi connectivity index (χ0n) is 21.8. The van der Waals surface area contributed by atoms with Crippen molar-refractivity contribution in [3.63, 3.8) is 0 Å². The summed E-state index contributed by atoms with van der Waals surface area (Å²) in [7, 11) is 0. The topological polar surface area (TPSA) is 134 Å². The Morgan fingerprint density at radius 3 is 2.63 bits per heavy atom. The van der Waals surface area contributed by atoms with E-state index in [9.17, 15) is 14.9 Å². The maximum Gasteiger partial charge on any atom is 0.234 e. The summed E-state index contributed by atoms with van der Waals surface area (Å²) in [6.07, 6.45) is 1.64. The minimum absolute atomic E-state index is 0.0237. The van der Waals surface area contributed by atoms with Crippen LogP contribution in [0, 0.1) is 11.3 Å². The Morgan fingerprint density at radius 2 is 1.95 bits per heavy atom. The Hall–Kier alpha value is -3.56. The van der Waals surface area contributed by atoms with Crippen molar-refractivity contribution >= 4 is 68.8 Å². The minimum atomic E-state index is -0.586. The molecule has 1 atom stereocenters. The second kappa shape index (κ2) is 12.5. The van der Waals surface area contributed by atoms with Gasteiger partial charge >= 0.3 is 0 Å². The van der Waals surface area contributed by atoms with Gasteiger partial charge in [0.15, 0.2) is 10.1 Å². The zero-order valence-corrected chi connectivity index (χ0v) is 25.0. The van der Waals surface area contributed by atoms with E-state index in [0.717, 1.165) is 11.3 Å². The summed E-state index contributed by atoms with van der Waals surface area (Å²) in [6.45, 7) is 2.44. The first-order chi connectivity index (χ1) is 19.8. The number of hydrogen-bond acceptors (Lipinski definition) is 10. The van der Waals surface area contributed by atoms with Crippen LogP contribution in [0.25, 0.3) is 0 Å². The molecule has 9 nitrogen and oxygen atoms in total. The number of aromatic nitrogens is 2. The molecule has 1 amide bonds. The molecule has 0 bridgehead atoms. The van der Waals surface area contributed by atoms with Gasteiger partial charge in [-0.05, 0) is 49.6 Å². The summed E-state index contributed by atoms with van der Waals surface area (Å²) in [5.74, 6) is 0.0275. The normalized spacial score (nSPS) is 16.9. The number of nitrogens with one attached hydrogen (secondary N) is 1. The van der Waals surface area contributed by atoms with Crippen molar-refractivity contribution in [2.24, 2.45) is 5.73 Å². The molecule has 3 N–H and O–H groups in total. The molecular weight excluding hydrogens is 603 g/mol. The molecule has 2 aliphatic rings. The number of nitriles is 1. The van der Waals surface area contributed by atoms with Crippen molar-refractivity contribution in [2.45, 2.75) is 36.4 Å². The maximum atomic E-state index is 13.3. The van der Waals surface area contributed by atoms with Gasteiger partial charge in [-0.3, -0.25) is 14.5 Å². The van der Waals surface area contributed by atoms with Crippen LogP contribution in [0.15, 0.2) is 69.5 Å². The number of para-hydroxylation sites is 1. The molecule has 0 saturated heterocycles. The van der Waals surface area contributed by atoms with Gasteiger partial charge in [-0.25, -0.2) is 0 Å². The minimum Gasteiger partial charge on any atom is -0.494 e. The quantitative estimate of drug-likeness (QED) is 0.277. The molecule has 5 rings (SSSR count). The summed E-state index contributed by atoms with van der Waals surface area (Å²) in [6, 6.07) is 14.6. The number of Topliss-reactive ketones (excluding diaryl/α,β-unsaturated/α-hetero) is 1. The number of ketones is 1. The standard InChI is InChI=1S/C28H24Cl2N6O3S2/c1-2-39-16-11-9-15(10-12-16)23-17(13-31)26(32)36(20-7-4-8-21(37)24(20)23)27-34-35-28(41-27)40-14-22(38)33-25-18(29)5-3-6-19(25)30/h3,5-6,9-12,23H,2,4,7-8,14,32H2,1H3,(H,33,38). The van der Waals surface area contributed by atoms with Crippen LogP contribution < -0.4 is 20.7 Å². The molecule has 0 radical (unpaired) electrons. The molecule has 13 heteroatoms. The van der Waals surface area contributed by atoms with Crippen LogP contribution in [0.5, 0.6) is 5.75 Å². The van der Waals surface area contributed by atoms with Crippen LogP contribution in [-0.4, -0.2) is 34.2 Å². The van der Waals surface area contributed by atoms with Gasteiger partial charge < -0.3 is 15.8 Å². The Bertz CT molecular complexity index is 1590. The molecule has 210 valence electrons. The van der Waals surface area contributed by atoms with Gasteiger partial charge in [-0.1, -0.05) is 64.5 Å². The number of benzene rings is 2. The molecule has 2 aromatic carbocycles. The van der Waals surface area contributed by atoms with E-state index in [2.05, 4.69) is 21.6 Å². The monoisotopic (exact) mass is 626 g/mol. The molecular formula is C28H24Cl2N6O3S2. The molecule has 2 heterocycles. The van der Waals surface area contributed by atoms with Crippen molar-refractivity contribution in [3.05, 3.63) is 80.7 Å². The third kappa shape index (κ3) is 5.92. The number of nitrogens with zero attached hydrogens (tertiary/aromatic N) is 4. The van der Waals surface area contributed by atoms with Gasteiger partial charge in [-0.15, -0.1) is 10.2 Å². The number of allylic oxidation sites excluding steroid dienone is 3. The van der Waals surface area contributed by atoms with Crippen molar-refractivity contribution < 1.29 is 14.3 Å². The first kappa shape index (κ1) is 29.0. The number of carbonyl (C=O) groups is 2. The van der Waals surface area contributed by atoms with Crippen molar-refractivity contribution in [3.8, 4) is 11.8 Å². The first-order valence-corrected chi connectivity index (χ1v) is 15.3. The van der Waals surface area contributed by atoms with Crippen molar-refractivity contribution in [1.82, 2.24) is 10.2 Å². The number of hydrogen-bond donors (Lipinski definition) is 2. The molecule has 1 unspecified atom stereocenters. The summed E-state index contributed by atoms with van der Waals surface area (Å²) >= 11 is 14.7. The number of rotatable bonds is 8. The molecule has 41 heavy (non-hydrogen) atoms. The van der Waals surface area contributed by atoms with Crippen LogP contribution in [-0.2, 0) is 9.59 Å². The van der Waals surface area contributed by atoms with E-state index in [1.807, 2.05) is 31.2 Å². The number of anilines is 2. The van der Waals surface area contributed by atoms with E-state index in [-0.39, 0.29) is 28.8 Å². The average molecular weight is 628 g/mol. The molecule has 0 saturated carbocycles. The second-order valence-electron chi connectivity index (χ2n) is 9.10. The largest absolute Gasteiger partial charge is 0.494 e. The van der Waals surface area contributed by atoms with Gasteiger partial charge in [0.05, 0.1) is 45.7 Å². The number of ether oxygens (including phenoxy) is 1. The van der Waals surface area contributed by atoms with E-state index >= 15 is 0 Å². The fourth-order valence-electron chi connectivity index (χ4n) is 4.83. The number of halogens is 2. The van der Waals surface area contributed by atoms with Crippen LogP contribution >= 0.6 is 46.3 Å². The summed E-state index contributed by atoms with van der Waals surface area (Å²) < 4.78 is 6.08. The number of amides is 1. The highest BCUT2D eigenvalue weighted by Crippen LogP contribution is 2.47. The SMILES string of the molecule is CCOc1ccc(C2C(C#N)=C(N)N(c3nnc(SCC(=O)Nc4c(Cl)cccc4Cl)s3)C3=C2C(=O)CCC3)cc1. The van der Waals surface area contributed by atoms with E-state index in [4.69, 9.17) is 33.7 Å². The number of thioether (sulfide) groups is 1. The predicted octanol–water partition coefficient (Wildman–Crippen LogP) is 6.28. The van der Waals surface area contributed by atoms with Gasteiger partial charge in [0, 0.05) is 17.7 Å². The predicted molar refractivity (Wildman–Crippen MR) is 161 cm³/mol. The Morgan fingerprint density at radius 1 is 1.22 bits per heavy atom. The van der Waals surface area contributed by atoms with E-state index in [0.29, 0.717) is 62.4 Å². The lowest BCUT2D eigenvalue weighted by molar-refractivity contribution is -0.116. The molecule has 3 aromatic rings. The highest BCUT2D eigenvalue weighted by molar-refractivity contribution is 8.01. The fourth-order valence-corrected chi connectivity index (χ4v) is 7.01. The third-order valence-corrected chi connectivity index (χ3v) is 9.25. The Balaban J connectivity index is 1.41. The van der Waals surface area contributed by atoms with Gasteiger partial charge in [0.25, 0.3) is 0 Å². The van der Waals surface area contributed by atoms with Crippen molar-refractivity contribution in [1.29, 1.82) is 5.26 Å². The lowest BCUT2D eigenvalue weighted by Crippen LogP contribution is -2.38. The lowest BCUT2D eigenvalue weighted by Gasteiger charge is -2.38. The zero-order chi connectivity index (χ0) is 29.1. The lowest BCUT2D eigenvalue weighted by atomic mass is 9.76. The summed E-state index contributed by atoms with van der Waals surface area (Å²) in [5.41, 5.74) is 9.29. The number of nitrogens with two attached hydrogens (primary N) is 1. The summed E-state index contributed by atoms with van der Waals surface area (Å²) in [5, 5.41) is 22.6. The highest BCUT2D eigenvalue weighted by Gasteiger charge is 2.41. The fraction of sp³-hybridized carbons (Fsp3) is 0.250. The van der Waals surface area contributed by atoms with Gasteiger partial charge in [-0.2, -0.15) is 5.26 Å². The molecule has 0 fully saturated rings. The second-order valence-corrected chi connectivity index (χ2v) is 12.1. The molecule has 1 aliphatic heterocycles. The Labute approximate surface area is 255 Å². The average Bonchev–Trinajstić information content (AvgIpc) is 3.42. The Kier molecular flexibility index (Phi) is 8.85. The van der Waals surface area contributed by atoms with Crippen molar-refractivity contribution in [2.75, 3.05) is 22.6 Å². The number of carbonyl (C=O) groups excluding carboxylic acids is 2. The highest BCUT2D eigenvalue weighted by atomic mass is 35.5. The van der Waals surface area contributed by atoms with Crippen LogP contribution in [0.4, 0.5) is 10.8 Å². The van der Waals surface area contributed by atoms with Gasteiger partial charge in [0.1, 0.15) is 11.6 Å². The third-order valence-electron chi connectivity index (χ3n) is 6.58. The first-order valence-electron chi connectivity index (χ1n) is 12.7. The smallest absolute Gasteiger partial charge is 0.234 e.